The molecule has 3 rings (SSSR count). The van der Waals surface area contributed by atoms with Crippen molar-refractivity contribution in [1.29, 1.82) is 0 Å². The minimum atomic E-state index is -0.762. The molecule has 8 nitrogen and oxygen atoms in total. The highest BCUT2D eigenvalue weighted by Crippen LogP contribution is 2.33. The number of amides is 3. The van der Waals surface area contributed by atoms with Crippen LogP contribution in [-0.2, 0) is 16.1 Å². The van der Waals surface area contributed by atoms with Gasteiger partial charge in [-0.1, -0.05) is 6.07 Å². The van der Waals surface area contributed by atoms with Crippen molar-refractivity contribution in [2.24, 2.45) is 0 Å². The van der Waals surface area contributed by atoms with Crippen LogP contribution in [0.2, 0.25) is 0 Å². The third kappa shape index (κ3) is 2.41. The second-order valence-corrected chi connectivity index (χ2v) is 4.96. The molecule has 2 heterocycles. The van der Waals surface area contributed by atoms with Crippen molar-refractivity contribution in [2.75, 3.05) is 0 Å². The number of benzene rings is 1. The van der Waals surface area contributed by atoms with Crippen molar-refractivity contribution in [3.8, 4) is 0 Å². The van der Waals surface area contributed by atoms with E-state index in [1.807, 2.05) is 0 Å². The fourth-order valence-electron chi connectivity index (χ4n) is 2.74. The standard InChI is InChI=1S/C13H11N3O5.ClH/c17-11-5-4-10(12(18)14-11)15-6-8-7(13(15)19)2-1-3-9(8)16(20)21;/h1-3,10H,4-6H2,(H,14,17,18);1H. The summed E-state index contributed by atoms with van der Waals surface area (Å²) >= 11 is 0. The minimum Gasteiger partial charge on any atom is -0.322 e. The molecule has 2 aliphatic rings. The van der Waals surface area contributed by atoms with Crippen molar-refractivity contribution < 1.29 is 19.3 Å². The summed E-state index contributed by atoms with van der Waals surface area (Å²) in [5.41, 5.74) is 0.432. The van der Waals surface area contributed by atoms with Gasteiger partial charge >= 0.3 is 0 Å². The zero-order chi connectivity index (χ0) is 15.1. The van der Waals surface area contributed by atoms with Gasteiger partial charge in [-0.05, 0) is 12.5 Å². The maximum absolute atomic E-state index is 12.3. The number of carbonyl (C=O) groups excluding carboxylic acids is 3. The average Bonchev–Trinajstić information content (AvgIpc) is 2.76. The summed E-state index contributed by atoms with van der Waals surface area (Å²) in [6.07, 6.45) is 0.386. The highest BCUT2D eigenvalue weighted by atomic mass is 35.5. The Hall–Kier alpha value is -2.48. The monoisotopic (exact) mass is 325 g/mol. The molecule has 0 bridgehead atoms. The zero-order valence-corrected chi connectivity index (χ0v) is 12.1. The van der Waals surface area contributed by atoms with E-state index in [-0.39, 0.29) is 49.0 Å². The molecule has 1 aromatic rings. The van der Waals surface area contributed by atoms with Crippen molar-refractivity contribution in [3.05, 3.63) is 39.4 Å². The normalized spacial score (nSPS) is 20.3. The van der Waals surface area contributed by atoms with Crippen molar-refractivity contribution in [2.45, 2.75) is 25.4 Å². The summed E-state index contributed by atoms with van der Waals surface area (Å²) < 4.78 is 0. The van der Waals surface area contributed by atoms with Gasteiger partial charge in [0.25, 0.3) is 11.6 Å². The van der Waals surface area contributed by atoms with E-state index in [1.165, 1.54) is 23.1 Å². The number of carbonyl (C=O) groups is 3. The number of nitro benzene ring substituents is 1. The van der Waals surface area contributed by atoms with Crippen LogP contribution in [0.15, 0.2) is 18.2 Å². The first-order valence-electron chi connectivity index (χ1n) is 6.40. The van der Waals surface area contributed by atoms with E-state index in [9.17, 15) is 24.5 Å². The predicted molar refractivity (Wildman–Crippen MR) is 76.4 cm³/mol. The molecule has 1 saturated heterocycles. The molecular weight excluding hydrogens is 314 g/mol. The van der Waals surface area contributed by atoms with Gasteiger partial charge in [0.05, 0.1) is 22.6 Å². The molecule has 3 amide bonds. The van der Waals surface area contributed by atoms with E-state index in [2.05, 4.69) is 5.32 Å². The molecule has 1 fully saturated rings. The van der Waals surface area contributed by atoms with E-state index in [1.54, 1.807) is 0 Å². The summed E-state index contributed by atoms with van der Waals surface area (Å²) in [6.45, 7) is 0.0115. The lowest BCUT2D eigenvalue weighted by atomic mass is 10.0. The molecule has 2 aliphatic heterocycles. The fourth-order valence-corrected chi connectivity index (χ4v) is 2.74. The van der Waals surface area contributed by atoms with Crippen molar-refractivity contribution >= 4 is 35.8 Å². The van der Waals surface area contributed by atoms with E-state index in [0.29, 0.717) is 5.56 Å². The zero-order valence-electron chi connectivity index (χ0n) is 11.3. The van der Waals surface area contributed by atoms with Crippen LogP contribution in [0.4, 0.5) is 5.69 Å². The Labute approximate surface area is 131 Å². The third-order valence-corrected chi connectivity index (χ3v) is 3.75. The van der Waals surface area contributed by atoms with Crippen molar-refractivity contribution in [3.63, 3.8) is 0 Å². The summed E-state index contributed by atoms with van der Waals surface area (Å²) in [4.78, 5) is 47.1. The summed E-state index contributed by atoms with van der Waals surface area (Å²) in [6, 6.07) is 3.53. The van der Waals surface area contributed by atoms with Gasteiger partial charge in [0.15, 0.2) is 0 Å². The average molecular weight is 326 g/mol. The quantitative estimate of drug-likeness (QED) is 0.491. The lowest BCUT2D eigenvalue weighted by molar-refractivity contribution is -0.385. The molecule has 0 saturated carbocycles. The minimum absolute atomic E-state index is 0. The maximum Gasteiger partial charge on any atom is 0.275 e. The van der Waals surface area contributed by atoms with E-state index < -0.39 is 22.8 Å². The van der Waals surface area contributed by atoms with E-state index in [4.69, 9.17) is 0 Å². The van der Waals surface area contributed by atoms with Crippen LogP contribution in [0.25, 0.3) is 0 Å². The highest BCUT2D eigenvalue weighted by Gasteiger charge is 2.41. The number of nitro groups is 1. The predicted octanol–water partition coefficient (Wildman–Crippen LogP) is 0.778. The summed E-state index contributed by atoms with van der Waals surface area (Å²) in [5.74, 6) is -1.32. The molecule has 1 atom stereocenters. The molecule has 116 valence electrons. The molecule has 1 N–H and O–H groups in total. The van der Waals surface area contributed by atoms with Gasteiger partial charge in [-0.15, -0.1) is 12.4 Å². The van der Waals surface area contributed by atoms with Gasteiger partial charge in [-0.25, -0.2) is 0 Å². The Balaban J connectivity index is 0.00000176. The first-order chi connectivity index (χ1) is 9.99. The molecule has 0 aliphatic carbocycles. The molecule has 1 unspecified atom stereocenters. The second-order valence-electron chi connectivity index (χ2n) is 4.96. The largest absolute Gasteiger partial charge is 0.322 e. The summed E-state index contributed by atoms with van der Waals surface area (Å²) in [7, 11) is 0. The smallest absolute Gasteiger partial charge is 0.275 e. The Morgan fingerprint density at radius 2 is 2.00 bits per heavy atom. The Morgan fingerprint density at radius 1 is 1.27 bits per heavy atom. The Morgan fingerprint density at radius 3 is 2.64 bits per heavy atom. The van der Waals surface area contributed by atoms with E-state index >= 15 is 0 Å². The number of halogens is 1. The fraction of sp³-hybridized carbons (Fsp3) is 0.308. The van der Waals surface area contributed by atoms with Crippen molar-refractivity contribution in [1.82, 2.24) is 10.2 Å². The number of nitrogens with zero attached hydrogens (tertiary/aromatic N) is 2. The molecule has 0 radical (unpaired) electrons. The van der Waals surface area contributed by atoms with Crippen LogP contribution < -0.4 is 5.32 Å². The van der Waals surface area contributed by atoms with Crippen LogP contribution in [0.1, 0.15) is 28.8 Å². The van der Waals surface area contributed by atoms with Gasteiger partial charge in [0.1, 0.15) is 6.04 Å². The Bertz CT molecular complexity index is 690. The molecule has 1 aromatic carbocycles. The lowest BCUT2D eigenvalue weighted by Crippen LogP contribution is -2.52. The Kier molecular flexibility index (Phi) is 4.14. The first-order valence-corrected chi connectivity index (χ1v) is 6.40. The number of piperidine rings is 1. The van der Waals surface area contributed by atoms with Gasteiger partial charge in [0.2, 0.25) is 11.8 Å². The van der Waals surface area contributed by atoms with Crippen LogP contribution in [0, 0.1) is 10.1 Å². The number of rotatable bonds is 2. The molecule has 9 heteroatoms. The molecule has 0 aromatic heterocycles. The number of hydrogen-bond donors (Lipinski definition) is 1. The SMILES string of the molecule is Cl.O=C1CCC(N2Cc3c(cccc3[N+](=O)[O-])C2=O)C(=O)N1. The topological polar surface area (TPSA) is 110 Å². The summed E-state index contributed by atoms with van der Waals surface area (Å²) in [5, 5.41) is 13.2. The van der Waals surface area contributed by atoms with Gasteiger partial charge < -0.3 is 4.90 Å². The van der Waals surface area contributed by atoms with E-state index in [0.717, 1.165) is 0 Å². The number of fused-ring (bicyclic) bond motifs is 1. The molecular formula is C13H12ClN3O5. The van der Waals surface area contributed by atoms with Gasteiger partial charge in [-0.2, -0.15) is 0 Å². The first kappa shape index (κ1) is 15.9. The maximum atomic E-state index is 12.3. The van der Waals surface area contributed by atoms with Crippen LogP contribution >= 0.6 is 12.4 Å². The number of hydrogen-bond acceptors (Lipinski definition) is 5. The van der Waals surface area contributed by atoms with Crippen LogP contribution in [0.3, 0.4) is 0 Å². The molecule has 22 heavy (non-hydrogen) atoms. The third-order valence-electron chi connectivity index (χ3n) is 3.75. The highest BCUT2D eigenvalue weighted by molar-refractivity contribution is 6.05. The van der Waals surface area contributed by atoms with Crippen LogP contribution in [-0.4, -0.2) is 33.6 Å². The van der Waals surface area contributed by atoms with Gasteiger partial charge in [0, 0.05) is 12.5 Å². The number of imide groups is 1. The second kappa shape index (κ2) is 5.72. The van der Waals surface area contributed by atoms with Crippen LogP contribution in [0.5, 0.6) is 0 Å². The van der Waals surface area contributed by atoms with Gasteiger partial charge in [-0.3, -0.25) is 29.8 Å². The molecule has 0 spiro atoms. The number of nitrogens with one attached hydrogen (secondary N) is 1. The lowest BCUT2D eigenvalue weighted by Gasteiger charge is -2.29.